The summed E-state index contributed by atoms with van der Waals surface area (Å²) in [7, 11) is 0. The minimum Gasteiger partial charge on any atom is -0.296 e. The summed E-state index contributed by atoms with van der Waals surface area (Å²) in [6.45, 7) is 3.51. The first-order valence-electron chi connectivity index (χ1n) is 4.15. The summed E-state index contributed by atoms with van der Waals surface area (Å²) >= 11 is 5.77. The number of rotatable bonds is 3. The molecule has 0 saturated carbocycles. The third-order valence-electron chi connectivity index (χ3n) is 2.53. The SMILES string of the molecule is CC1CCN(CCF)C1CCl. The molecule has 0 aromatic rings. The molecule has 11 heavy (non-hydrogen) atoms. The molecule has 0 amide bonds. The molecule has 1 rings (SSSR count). The Bertz CT molecular complexity index is 119. The molecule has 66 valence electrons. The van der Waals surface area contributed by atoms with Crippen molar-refractivity contribution in [1.29, 1.82) is 0 Å². The monoisotopic (exact) mass is 179 g/mol. The van der Waals surface area contributed by atoms with Crippen LogP contribution in [0.4, 0.5) is 4.39 Å². The van der Waals surface area contributed by atoms with Gasteiger partial charge in [-0.3, -0.25) is 4.90 Å². The van der Waals surface area contributed by atoms with Crippen LogP contribution in [-0.4, -0.2) is 36.6 Å². The van der Waals surface area contributed by atoms with Crippen LogP contribution in [0.2, 0.25) is 0 Å². The molecule has 1 saturated heterocycles. The van der Waals surface area contributed by atoms with Gasteiger partial charge in [-0.1, -0.05) is 6.92 Å². The van der Waals surface area contributed by atoms with E-state index in [1.165, 1.54) is 0 Å². The fraction of sp³-hybridized carbons (Fsp3) is 1.00. The summed E-state index contributed by atoms with van der Waals surface area (Å²) < 4.78 is 12.0. The highest BCUT2D eigenvalue weighted by molar-refractivity contribution is 6.18. The van der Waals surface area contributed by atoms with Crippen LogP contribution in [0.3, 0.4) is 0 Å². The molecule has 1 nitrogen and oxygen atoms in total. The molecule has 2 atom stereocenters. The lowest BCUT2D eigenvalue weighted by molar-refractivity contribution is 0.228. The van der Waals surface area contributed by atoms with Gasteiger partial charge < -0.3 is 0 Å². The zero-order valence-electron chi connectivity index (χ0n) is 6.89. The van der Waals surface area contributed by atoms with Crippen LogP contribution in [-0.2, 0) is 0 Å². The van der Waals surface area contributed by atoms with E-state index in [1.807, 2.05) is 0 Å². The van der Waals surface area contributed by atoms with Gasteiger partial charge in [-0.05, 0) is 18.9 Å². The van der Waals surface area contributed by atoms with Gasteiger partial charge in [0.05, 0.1) is 0 Å². The maximum absolute atomic E-state index is 12.0. The van der Waals surface area contributed by atoms with Gasteiger partial charge in [0.2, 0.25) is 0 Å². The molecule has 1 aliphatic heterocycles. The quantitative estimate of drug-likeness (QED) is 0.599. The van der Waals surface area contributed by atoms with Gasteiger partial charge in [-0.25, -0.2) is 4.39 Å². The first-order valence-corrected chi connectivity index (χ1v) is 4.69. The molecular formula is C8H15ClFN. The van der Waals surface area contributed by atoms with E-state index in [-0.39, 0.29) is 6.67 Å². The molecule has 1 heterocycles. The Labute approximate surface area is 72.5 Å². The summed E-state index contributed by atoms with van der Waals surface area (Å²) in [6, 6.07) is 0.410. The van der Waals surface area contributed by atoms with Crippen LogP contribution in [0.15, 0.2) is 0 Å². The van der Waals surface area contributed by atoms with Crippen LogP contribution in [0.1, 0.15) is 13.3 Å². The number of hydrogen-bond acceptors (Lipinski definition) is 1. The van der Waals surface area contributed by atoms with Crippen molar-refractivity contribution >= 4 is 11.6 Å². The van der Waals surface area contributed by atoms with Gasteiger partial charge in [0.25, 0.3) is 0 Å². The smallest absolute Gasteiger partial charge is 0.102 e. The summed E-state index contributed by atoms with van der Waals surface area (Å²) in [5, 5.41) is 0. The Morgan fingerprint density at radius 2 is 2.36 bits per heavy atom. The zero-order chi connectivity index (χ0) is 8.27. The lowest BCUT2D eigenvalue weighted by Crippen LogP contribution is -2.35. The van der Waals surface area contributed by atoms with Crippen LogP contribution < -0.4 is 0 Å². The topological polar surface area (TPSA) is 3.24 Å². The average molecular weight is 180 g/mol. The Morgan fingerprint density at radius 3 is 2.91 bits per heavy atom. The Morgan fingerprint density at radius 1 is 1.64 bits per heavy atom. The second-order valence-electron chi connectivity index (χ2n) is 3.21. The van der Waals surface area contributed by atoms with Crippen molar-refractivity contribution in [2.24, 2.45) is 5.92 Å². The molecule has 2 unspecified atom stereocenters. The van der Waals surface area contributed by atoms with Crippen LogP contribution in [0, 0.1) is 5.92 Å². The molecule has 0 aliphatic carbocycles. The fourth-order valence-corrected chi connectivity index (χ4v) is 2.22. The van der Waals surface area contributed by atoms with Crippen molar-refractivity contribution < 1.29 is 4.39 Å². The lowest BCUT2D eigenvalue weighted by atomic mass is 10.1. The predicted molar refractivity (Wildman–Crippen MR) is 45.8 cm³/mol. The molecular weight excluding hydrogens is 165 g/mol. The van der Waals surface area contributed by atoms with Crippen molar-refractivity contribution in [3.63, 3.8) is 0 Å². The molecule has 0 spiro atoms. The standard InChI is InChI=1S/C8H15ClFN/c1-7-2-4-11(5-3-10)8(7)6-9/h7-8H,2-6H2,1H3. The van der Waals surface area contributed by atoms with Gasteiger partial charge in [-0.2, -0.15) is 0 Å². The van der Waals surface area contributed by atoms with E-state index in [4.69, 9.17) is 11.6 Å². The fourth-order valence-electron chi connectivity index (χ4n) is 1.72. The van der Waals surface area contributed by atoms with Crippen molar-refractivity contribution in [1.82, 2.24) is 4.90 Å². The average Bonchev–Trinajstić information content (AvgIpc) is 2.33. The number of nitrogens with zero attached hydrogens (tertiary/aromatic N) is 1. The minimum absolute atomic E-state index is 0.250. The van der Waals surface area contributed by atoms with Gasteiger partial charge in [-0.15, -0.1) is 11.6 Å². The molecule has 1 fully saturated rings. The predicted octanol–water partition coefficient (Wildman–Crippen LogP) is 1.91. The number of hydrogen-bond donors (Lipinski definition) is 0. The summed E-state index contributed by atoms with van der Waals surface area (Å²) in [5.41, 5.74) is 0. The number of halogens is 2. The molecule has 1 aliphatic rings. The Kier molecular flexibility index (Phi) is 3.60. The van der Waals surface area contributed by atoms with Gasteiger partial charge in [0, 0.05) is 18.5 Å². The molecule has 0 aromatic carbocycles. The summed E-state index contributed by atoms with van der Waals surface area (Å²) in [6.07, 6.45) is 1.16. The lowest BCUT2D eigenvalue weighted by Gasteiger charge is -2.23. The minimum atomic E-state index is -0.250. The van der Waals surface area contributed by atoms with Crippen LogP contribution in [0.5, 0.6) is 0 Å². The van der Waals surface area contributed by atoms with Crippen molar-refractivity contribution in [2.45, 2.75) is 19.4 Å². The highest BCUT2D eigenvalue weighted by Gasteiger charge is 2.29. The van der Waals surface area contributed by atoms with E-state index in [2.05, 4.69) is 11.8 Å². The normalized spacial score (nSPS) is 33.0. The molecule has 0 bridgehead atoms. The van der Waals surface area contributed by atoms with Gasteiger partial charge in [0.15, 0.2) is 0 Å². The number of likely N-dealkylation sites (tertiary alicyclic amines) is 1. The van der Waals surface area contributed by atoms with E-state index in [0.717, 1.165) is 13.0 Å². The van der Waals surface area contributed by atoms with Crippen LogP contribution in [0.25, 0.3) is 0 Å². The second-order valence-corrected chi connectivity index (χ2v) is 3.52. The number of alkyl halides is 2. The van der Waals surface area contributed by atoms with Crippen molar-refractivity contribution in [3.05, 3.63) is 0 Å². The van der Waals surface area contributed by atoms with E-state index in [0.29, 0.717) is 24.4 Å². The Balaban J connectivity index is 2.40. The second kappa shape index (κ2) is 4.27. The highest BCUT2D eigenvalue weighted by atomic mass is 35.5. The summed E-state index contributed by atoms with van der Waals surface area (Å²) in [5.74, 6) is 1.28. The van der Waals surface area contributed by atoms with Crippen LogP contribution >= 0.6 is 11.6 Å². The first kappa shape index (κ1) is 9.27. The largest absolute Gasteiger partial charge is 0.296 e. The van der Waals surface area contributed by atoms with Crippen molar-refractivity contribution in [2.75, 3.05) is 25.6 Å². The highest BCUT2D eigenvalue weighted by Crippen LogP contribution is 2.24. The zero-order valence-corrected chi connectivity index (χ0v) is 7.65. The molecule has 0 N–H and O–H groups in total. The maximum Gasteiger partial charge on any atom is 0.102 e. The summed E-state index contributed by atoms with van der Waals surface area (Å²) in [4.78, 5) is 2.15. The van der Waals surface area contributed by atoms with E-state index in [9.17, 15) is 4.39 Å². The third kappa shape index (κ3) is 2.06. The van der Waals surface area contributed by atoms with Crippen molar-refractivity contribution in [3.8, 4) is 0 Å². The molecule has 0 aromatic heterocycles. The van der Waals surface area contributed by atoms with E-state index in [1.54, 1.807) is 0 Å². The van der Waals surface area contributed by atoms with Gasteiger partial charge >= 0.3 is 0 Å². The maximum atomic E-state index is 12.0. The van der Waals surface area contributed by atoms with E-state index < -0.39 is 0 Å². The first-order chi connectivity index (χ1) is 5.29. The third-order valence-corrected chi connectivity index (χ3v) is 2.84. The Hall–Kier alpha value is 0.180. The van der Waals surface area contributed by atoms with E-state index >= 15 is 0 Å². The van der Waals surface area contributed by atoms with Gasteiger partial charge in [0.1, 0.15) is 6.67 Å². The molecule has 0 radical (unpaired) electrons. The molecule has 3 heteroatoms.